The Morgan fingerprint density at radius 1 is 1.12 bits per heavy atom. The molecule has 0 radical (unpaired) electrons. The first-order chi connectivity index (χ1) is 8.33. The van der Waals surface area contributed by atoms with Gasteiger partial charge in [-0.25, -0.2) is 0 Å². The predicted octanol–water partition coefficient (Wildman–Crippen LogP) is 2.22. The minimum absolute atomic E-state index is 0.288. The third-order valence-electron chi connectivity index (χ3n) is 2.37. The summed E-state index contributed by atoms with van der Waals surface area (Å²) in [7, 11) is 1.63. The summed E-state index contributed by atoms with van der Waals surface area (Å²) in [5.41, 5.74) is 2.45. The van der Waals surface area contributed by atoms with Crippen LogP contribution in [0.15, 0.2) is 36.4 Å². The third-order valence-corrected chi connectivity index (χ3v) is 2.37. The summed E-state index contributed by atoms with van der Waals surface area (Å²) >= 11 is 0. The molecule has 0 N–H and O–H groups in total. The van der Waals surface area contributed by atoms with E-state index in [0.717, 1.165) is 17.0 Å². The van der Waals surface area contributed by atoms with Crippen molar-refractivity contribution in [3.8, 4) is 23.1 Å². The fraction of sp³-hybridized carbons (Fsp3) is 0.154. The summed E-state index contributed by atoms with van der Waals surface area (Å²) in [6.45, 7) is 0. The Bertz CT molecular complexity index is 526. The summed E-state index contributed by atoms with van der Waals surface area (Å²) < 4.78 is 5.08. The van der Waals surface area contributed by atoms with Crippen LogP contribution in [0.25, 0.3) is 11.3 Å². The number of ether oxygens (including phenoxy) is 1. The number of nitrogens with zero attached hydrogens (tertiary/aromatic N) is 3. The van der Waals surface area contributed by atoms with E-state index in [4.69, 9.17) is 10.00 Å². The minimum atomic E-state index is 0.288. The second kappa shape index (κ2) is 5.08. The van der Waals surface area contributed by atoms with Crippen molar-refractivity contribution in [3.05, 3.63) is 42.1 Å². The van der Waals surface area contributed by atoms with Gasteiger partial charge in [-0.3, -0.25) is 0 Å². The molecule has 1 aromatic carbocycles. The van der Waals surface area contributed by atoms with Crippen LogP contribution >= 0.6 is 0 Å². The molecule has 0 saturated heterocycles. The highest BCUT2D eigenvalue weighted by Gasteiger charge is 2.01. The number of benzene rings is 1. The Morgan fingerprint density at radius 3 is 2.41 bits per heavy atom. The second-order valence-electron chi connectivity index (χ2n) is 3.47. The maximum atomic E-state index is 8.53. The molecule has 0 aliphatic heterocycles. The highest BCUT2D eigenvalue weighted by molar-refractivity contribution is 5.59. The van der Waals surface area contributed by atoms with Crippen LogP contribution in [0.2, 0.25) is 0 Å². The molecule has 17 heavy (non-hydrogen) atoms. The van der Waals surface area contributed by atoms with Crippen LogP contribution in [0.5, 0.6) is 5.75 Å². The molecule has 0 spiro atoms. The second-order valence-corrected chi connectivity index (χ2v) is 3.47. The molecule has 0 aliphatic carbocycles. The van der Waals surface area contributed by atoms with E-state index in [9.17, 15) is 0 Å². The summed E-state index contributed by atoms with van der Waals surface area (Å²) in [4.78, 5) is 0. The highest BCUT2D eigenvalue weighted by Crippen LogP contribution is 2.19. The molecule has 1 aromatic heterocycles. The van der Waals surface area contributed by atoms with E-state index in [1.54, 1.807) is 7.11 Å². The molecule has 2 aromatic rings. The zero-order chi connectivity index (χ0) is 12.1. The first kappa shape index (κ1) is 11.1. The average Bonchev–Trinajstić information content (AvgIpc) is 2.40. The zero-order valence-electron chi connectivity index (χ0n) is 9.42. The van der Waals surface area contributed by atoms with E-state index >= 15 is 0 Å². The van der Waals surface area contributed by atoms with Crippen molar-refractivity contribution >= 4 is 0 Å². The molecule has 0 saturated carbocycles. The minimum Gasteiger partial charge on any atom is -0.497 e. The Hall–Kier alpha value is -2.41. The van der Waals surface area contributed by atoms with Crippen LogP contribution in [0.3, 0.4) is 0 Å². The van der Waals surface area contributed by atoms with Crippen molar-refractivity contribution in [3.63, 3.8) is 0 Å². The van der Waals surface area contributed by atoms with E-state index < -0.39 is 0 Å². The van der Waals surface area contributed by atoms with E-state index in [2.05, 4.69) is 10.2 Å². The maximum absolute atomic E-state index is 8.53. The van der Waals surface area contributed by atoms with Gasteiger partial charge >= 0.3 is 0 Å². The van der Waals surface area contributed by atoms with Gasteiger partial charge in [0, 0.05) is 5.56 Å². The van der Waals surface area contributed by atoms with Crippen LogP contribution in [0.4, 0.5) is 0 Å². The van der Waals surface area contributed by atoms with Gasteiger partial charge in [0.1, 0.15) is 5.75 Å². The number of hydrogen-bond donors (Lipinski definition) is 0. The van der Waals surface area contributed by atoms with Crippen LogP contribution in [0, 0.1) is 11.3 Å². The van der Waals surface area contributed by atoms with Gasteiger partial charge in [-0.1, -0.05) is 0 Å². The molecule has 0 fully saturated rings. The summed E-state index contributed by atoms with van der Waals surface area (Å²) in [5.74, 6) is 0.808. The lowest BCUT2D eigenvalue weighted by molar-refractivity contribution is 0.415. The first-order valence-electron chi connectivity index (χ1n) is 5.17. The molecule has 2 rings (SSSR count). The van der Waals surface area contributed by atoms with Crippen LogP contribution in [0.1, 0.15) is 5.69 Å². The summed E-state index contributed by atoms with van der Waals surface area (Å²) in [6, 6.07) is 13.3. The average molecular weight is 225 g/mol. The summed E-state index contributed by atoms with van der Waals surface area (Å²) in [6.07, 6.45) is 0.288. The number of methoxy groups -OCH3 is 1. The van der Waals surface area contributed by atoms with Crippen molar-refractivity contribution in [2.75, 3.05) is 7.11 Å². The number of aromatic nitrogens is 2. The van der Waals surface area contributed by atoms with E-state index in [-0.39, 0.29) is 6.42 Å². The smallest absolute Gasteiger partial charge is 0.118 e. The molecule has 0 aliphatic rings. The lowest BCUT2D eigenvalue weighted by atomic mass is 10.1. The monoisotopic (exact) mass is 225 g/mol. The molecule has 0 bridgehead atoms. The van der Waals surface area contributed by atoms with Crippen molar-refractivity contribution < 1.29 is 4.74 Å². The molecule has 4 heteroatoms. The maximum Gasteiger partial charge on any atom is 0.118 e. The van der Waals surface area contributed by atoms with Gasteiger partial charge in [-0.2, -0.15) is 15.5 Å². The van der Waals surface area contributed by atoms with Gasteiger partial charge < -0.3 is 4.74 Å². The first-order valence-corrected chi connectivity index (χ1v) is 5.17. The molecular formula is C13H11N3O. The lowest BCUT2D eigenvalue weighted by Gasteiger charge is -2.02. The molecule has 0 amide bonds. The predicted molar refractivity (Wildman–Crippen MR) is 63.3 cm³/mol. The molecule has 1 heterocycles. The fourth-order valence-corrected chi connectivity index (χ4v) is 1.45. The Labute approximate surface area is 99.5 Å². The Morgan fingerprint density at radius 2 is 1.88 bits per heavy atom. The van der Waals surface area contributed by atoms with Crippen LogP contribution in [-0.4, -0.2) is 17.3 Å². The van der Waals surface area contributed by atoms with Gasteiger partial charge in [-0.05, 0) is 36.4 Å². The molecule has 4 nitrogen and oxygen atoms in total. The van der Waals surface area contributed by atoms with Crippen LogP contribution < -0.4 is 4.74 Å². The normalized spacial score (nSPS) is 9.65. The van der Waals surface area contributed by atoms with Gasteiger partial charge in [0.2, 0.25) is 0 Å². The zero-order valence-corrected chi connectivity index (χ0v) is 9.42. The molecule has 84 valence electrons. The SMILES string of the molecule is COc1ccc(-c2ccc(CC#N)nn2)cc1. The van der Waals surface area contributed by atoms with Gasteiger partial charge in [-0.15, -0.1) is 0 Å². The van der Waals surface area contributed by atoms with Gasteiger partial charge in [0.25, 0.3) is 0 Å². The van der Waals surface area contributed by atoms with Gasteiger partial charge in [0.05, 0.1) is 31.0 Å². The van der Waals surface area contributed by atoms with Crippen molar-refractivity contribution in [1.29, 1.82) is 5.26 Å². The number of nitriles is 1. The Balaban J connectivity index is 2.24. The Kier molecular flexibility index (Phi) is 3.31. The van der Waals surface area contributed by atoms with E-state index in [1.807, 2.05) is 42.5 Å². The van der Waals surface area contributed by atoms with Crippen molar-refractivity contribution in [2.45, 2.75) is 6.42 Å². The lowest BCUT2D eigenvalue weighted by Crippen LogP contribution is -1.93. The largest absolute Gasteiger partial charge is 0.497 e. The van der Waals surface area contributed by atoms with E-state index in [0.29, 0.717) is 5.69 Å². The van der Waals surface area contributed by atoms with Crippen LogP contribution in [-0.2, 0) is 6.42 Å². The third kappa shape index (κ3) is 2.58. The number of rotatable bonds is 3. The molecule has 0 atom stereocenters. The quantitative estimate of drug-likeness (QED) is 0.803. The molecule has 0 unspecified atom stereocenters. The standard InChI is InChI=1S/C13H11N3O/c1-17-12-5-2-10(3-6-12)13-7-4-11(8-9-14)15-16-13/h2-7H,8H2,1H3. The summed E-state index contributed by atoms with van der Waals surface area (Å²) in [5, 5.41) is 16.6. The van der Waals surface area contributed by atoms with E-state index in [1.165, 1.54) is 0 Å². The van der Waals surface area contributed by atoms with Crippen molar-refractivity contribution in [2.24, 2.45) is 0 Å². The highest BCUT2D eigenvalue weighted by atomic mass is 16.5. The number of hydrogen-bond acceptors (Lipinski definition) is 4. The molecular weight excluding hydrogens is 214 g/mol. The van der Waals surface area contributed by atoms with Gasteiger partial charge in [0.15, 0.2) is 0 Å². The fourth-order valence-electron chi connectivity index (χ4n) is 1.45. The van der Waals surface area contributed by atoms with Crippen molar-refractivity contribution in [1.82, 2.24) is 10.2 Å². The topological polar surface area (TPSA) is 58.8 Å².